The van der Waals surface area contributed by atoms with Crippen molar-refractivity contribution in [3.63, 3.8) is 0 Å². The van der Waals surface area contributed by atoms with Gasteiger partial charge in [-0.1, -0.05) is 36.6 Å². The molecule has 2 saturated carbocycles. The topological polar surface area (TPSA) is 20.3 Å². The number of benzene rings is 1. The molecule has 0 N–H and O–H groups in total. The molecule has 1 unspecified atom stereocenters. The zero-order valence-electron chi connectivity index (χ0n) is 12.5. The molecule has 0 spiro atoms. The van der Waals surface area contributed by atoms with Gasteiger partial charge in [0.15, 0.2) is 0 Å². The predicted molar refractivity (Wildman–Crippen MR) is 88.6 cm³/mol. The molecule has 0 aromatic heterocycles. The molecule has 1 heterocycles. The maximum absolute atomic E-state index is 13.2. The van der Waals surface area contributed by atoms with E-state index >= 15 is 0 Å². The first-order valence-electron chi connectivity index (χ1n) is 8.33. The Morgan fingerprint density at radius 1 is 0.905 bits per heavy atom. The summed E-state index contributed by atoms with van der Waals surface area (Å²) in [4.78, 5) is 0. The van der Waals surface area contributed by atoms with Crippen molar-refractivity contribution in [2.45, 2.75) is 62.7 Å². The van der Waals surface area contributed by atoms with Crippen molar-refractivity contribution in [3.8, 4) is 0 Å². The van der Waals surface area contributed by atoms with Crippen LogP contribution in [0.25, 0.3) is 0 Å². The second-order valence-electron chi connectivity index (χ2n) is 6.48. The van der Waals surface area contributed by atoms with Gasteiger partial charge in [0, 0.05) is 5.69 Å². The van der Waals surface area contributed by atoms with Crippen LogP contribution in [0, 0.1) is 0 Å². The van der Waals surface area contributed by atoms with Crippen LogP contribution in [0.15, 0.2) is 41.5 Å². The van der Waals surface area contributed by atoms with Gasteiger partial charge in [-0.2, -0.15) is 0 Å². The van der Waals surface area contributed by atoms with Crippen LogP contribution in [0.4, 0.5) is 5.69 Å². The van der Waals surface area contributed by atoms with Crippen LogP contribution in [0.5, 0.6) is 0 Å². The summed E-state index contributed by atoms with van der Waals surface area (Å²) in [6.45, 7) is 0. The number of fused-ring (bicyclic) bond motifs is 2. The molecule has 1 aromatic carbocycles. The molecule has 1 aromatic rings. The standard InChI is InChI=1S/C18H23NOS/c20-21-18-13-7-5-11-16(18)15-10-4-6-12-17(15)19(21)14-8-2-1-3-9-14/h1-3,8-9,17-18H,4-7,10-13H2/t17-,18+,21?/m0/s1. The van der Waals surface area contributed by atoms with Crippen LogP contribution in [-0.2, 0) is 11.0 Å². The minimum Gasteiger partial charge on any atom is -0.284 e. The van der Waals surface area contributed by atoms with E-state index in [1.165, 1.54) is 44.9 Å². The van der Waals surface area contributed by atoms with Crippen LogP contribution in [0.3, 0.4) is 0 Å². The predicted octanol–water partition coefficient (Wildman–Crippen LogP) is 4.35. The fraction of sp³-hybridized carbons (Fsp3) is 0.556. The lowest BCUT2D eigenvalue weighted by molar-refractivity contribution is 0.491. The molecule has 3 heteroatoms. The molecule has 4 rings (SSSR count). The largest absolute Gasteiger partial charge is 0.284 e. The summed E-state index contributed by atoms with van der Waals surface area (Å²) >= 11 is 0. The Kier molecular flexibility index (Phi) is 3.62. The molecule has 3 atom stereocenters. The molecule has 1 aliphatic heterocycles. The number of hydrogen-bond acceptors (Lipinski definition) is 1. The van der Waals surface area contributed by atoms with Crippen molar-refractivity contribution < 1.29 is 4.21 Å². The van der Waals surface area contributed by atoms with Gasteiger partial charge < -0.3 is 0 Å². The van der Waals surface area contributed by atoms with Crippen LogP contribution >= 0.6 is 0 Å². The molecule has 2 aliphatic carbocycles. The average molecular weight is 301 g/mol. The van der Waals surface area contributed by atoms with Gasteiger partial charge in [0.05, 0.1) is 11.3 Å². The van der Waals surface area contributed by atoms with Crippen LogP contribution in [0.1, 0.15) is 51.4 Å². The molecule has 0 radical (unpaired) electrons. The van der Waals surface area contributed by atoms with E-state index in [-0.39, 0.29) is 0 Å². The van der Waals surface area contributed by atoms with E-state index in [1.54, 1.807) is 11.1 Å². The van der Waals surface area contributed by atoms with E-state index in [9.17, 15) is 4.21 Å². The second kappa shape index (κ2) is 5.60. The number of nitrogens with zero attached hydrogens (tertiary/aromatic N) is 1. The maximum Gasteiger partial charge on any atom is 0.127 e. The third-order valence-electron chi connectivity index (χ3n) is 5.27. The van der Waals surface area contributed by atoms with E-state index in [0.29, 0.717) is 11.3 Å². The van der Waals surface area contributed by atoms with Crippen LogP contribution in [0.2, 0.25) is 0 Å². The number of hydrogen-bond donors (Lipinski definition) is 0. The van der Waals surface area contributed by atoms with Crippen LogP contribution in [-0.4, -0.2) is 15.5 Å². The highest BCUT2D eigenvalue weighted by Gasteiger charge is 2.42. The Morgan fingerprint density at radius 3 is 2.43 bits per heavy atom. The van der Waals surface area contributed by atoms with Crippen molar-refractivity contribution in [1.29, 1.82) is 0 Å². The SMILES string of the molecule is O=S1[C@@H]2CCCCC2=C2CCCC[C@@H]2N1c1ccccc1. The van der Waals surface area contributed by atoms with E-state index in [0.717, 1.165) is 12.1 Å². The first-order chi connectivity index (χ1) is 10.4. The maximum atomic E-state index is 13.2. The van der Waals surface area contributed by atoms with Gasteiger partial charge in [-0.25, -0.2) is 4.21 Å². The molecule has 2 fully saturated rings. The normalized spacial score (nSPS) is 32.6. The Bertz CT molecular complexity index is 580. The minimum atomic E-state index is -0.888. The van der Waals surface area contributed by atoms with Gasteiger partial charge in [0.2, 0.25) is 0 Å². The highest BCUT2D eigenvalue weighted by Crippen LogP contribution is 2.44. The molecule has 3 aliphatic rings. The summed E-state index contributed by atoms with van der Waals surface area (Å²) in [5, 5.41) is 0.295. The molecular weight excluding hydrogens is 278 g/mol. The van der Waals surface area contributed by atoms with Gasteiger partial charge in [0.1, 0.15) is 11.0 Å². The average Bonchev–Trinajstić information content (AvgIpc) is 2.56. The molecule has 2 nitrogen and oxygen atoms in total. The van der Waals surface area contributed by atoms with Crippen molar-refractivity contribution in [3.05, 3.63) is 41.5 Å². The Morgan fingerprint density at radius 2 is 1.62 bits per heavy atom. The zero-order chi connectivity index (χ0) is 14.2. The molecule has 0 bridgehead atoms. The monoisotopic (exact) mass is 301 g/mol. The fourth-order valence-corrected chi connectivity index (χ4v) is 6.29. The first-order valence-corrected chi connectivity index (χ1v) is 9.50. The van der Waals surface area contributed by atoms with Crippen molar-refractivity contribution in [2.24, 2.45) is 0 Å². The van der Waals surface area contributed by atoms with Gasteiger partial charge in [0.25, 0.3) is 0 Å². The fourth-order valence-electron chi connectivity index (χ4n) is 4.32. The summed E-state index contributed by atoms with van der Waals surface area (Å²) < 4.78 is 15.5. The van der Waals surface area contributed by atoms with E-state index < -0.39 is 11.0 Å². The Balaban J connectivity index is 1.81. The smallest absolute Gasteiger partial charge is 0.127 e. The quantitative estimate of drug-likeness (QED) is 0.706. The summed E-state index contributed by atoms with van der Waals surface area (Å²) in [5.74, 6) is 0. The molecule has 112 valence electrons. The lowest BCUT2D eigenvalue weighted by Gasteiger charge is -2.46. The van der Waals surface area contributed by atoms with Crippen LogP contribution < -0.4 is 4.31 Å². The molecule has 0 saturated heterocycles. The molecular formula is C18H23NOS. The van der Waals surface area contributed by atoms with Crippen molar-refractivity contribution in [1.82, 2.24) is 0 Å². The summed E-state index contributed by atoms with van der Waals surface area (Å²) in [7, 11) is -0.888. The molecule has 0 amide bonds. The lowest BCUT2D eigenvalue weighted by atomic mass is 9.81. The van der Waals surface area contributed by atoms with Gasteiger partial charge >= 0.3 is 0 Å². The number of para-hydroxylation sites is 1. The van der Waals surface area contributed by atoms with E-state index in [1.807, 2.05) is 6.07 Å². The Hall–Kier alpha value is -1.09. The highest BCUT2D eigenvalue weighted by molar-refractivity contribution is 7.87. The van der Waals surface area contributed by atoms with Gasteiger partial charge in [-0.3, -0.25) is 4.31 Å². The minimum absolute atomic E-state index is 0.295. The van der Waals surface area contributed by atoms with Crippen molar-refractivity contribution >= 4 is 16.7 Å². The summed E-state index contributed by atoms with van der Waals surface area (Å²) in [6.07, 6.45) is 9.84. The summed E-state index contributed by atoms with van der Waals surface area (Å²) in [5.41, 5.74) is 4.37. The van der Waals surface area contributed by atoms with Gasteiger partial charge in [-0.05, 0) is 56.2 Å². The third-order valence-corrected chi connectivity index (χ3v) is 7.13. The van der Waals surface area contributed by atoms with Gasteiger partial charge in [-0.15, -0.1) is 0 Å². The number of rotatable bonds is 1. The third kappa shape index (κ3) is 2.26. The van der Waals surface area contributed by atoms with Crippen molar-refractivity contribution in [2.75, 3.05) is 4.31 Å². The first kappa shape index (κ1) is 13.6. The second-order valence-corrected chi connectivity index (χ2v) is 8.00. The highest BCUT2D eigenvalue weighted by atomic mass is 32.2. The number of anilines is 1. The zero-order valence-corrected chi connectivity index (χ0v) is 13.3. The van der Waals surface area contributed by atoms with E-state index in [2.05, 4.69) is 28.6 Å². The molecule has 21 heavy (non-hydrogen) atoms. The lowest BCUT2D eigenvalue weighted by Crippen LogP contribution is -2.49. The Labute approximate surface area is 129 Å². The van der Waals surface area contributed by atoms with E-state index in [4.69, 9.17) is 0 Å². The summed E-state index contributed by atoms with van der Waals surface area (Å²) in [6, 6.07) is 10.8.